The Kier molecular flexibility index (Phi) is 8.56. The van der Waals surface area contributed by atoms with Crippen LogP contribution in [0.4, 0.5) is 0 Å². The molecule has 2 aliphatic heterocycles. The first kappa shape index (κ1) is 22.8. The van der Waals surface area contributed by atoms with Gasteiger partial charge in [-0.2, -0.15) is 0 Å². The van der Waals surface area contributed by atoms with Crippen LogP contribution in [-0.2, 0) is 28.8 Å². The lowest BCUT2D eigenvalue weighted by molar-refractivity contribution is -0.197. The number of rotatable bonds is 9. The minimum absolute atomic E-state index is 0.0185. The maximum Gasteiger partial charge on any atom is 0.334 e. The molecule has 162 valence electrons. The largest absolute Gasteiger partial charge is 0.355 e. The first-order valence-electron chi connectivity index (χ1n) is 10.1. The number of nitrogens with one attached hydrogen (secondary N) is 2. The maximum absolute atomic E-state index is 12.1. The molecule has 2 aliphatic rings. The molecule has 0 spiro atoms. The molecule has 0 aromatic rings. The van der Waals surface area contributed by atoms with E-state index in [9.17, 15) is 24.0 Å². The summed E-state index contributed by atoms with van der Waals surface area (Å²) >= 11 is 0. The Morgan fingerprint density at radius 1 is 0.931 bits per heavy atom. The summed E-state index contributed by atoms with van der Waals surface area (Å²) in [6, 6.07) is 0.748. The molecule has 0 radical (unpaired) electrons. The van der Waals surface area contributed by atoms with Crippen molar-refractivity contribution < 1.29 is 28.8 Å². The zero-order chi connectivity index (χ0) is 21.4. The number of hydrogen-bond donors (Lipinski definition) is 2. The van der Waals surface area contributed by atoms with Crippen LogP contribution in [0.3, 0.4) is 0 Å². The van der Waals surface area contributed by atoms with Crippen LogP contribution >= 0.6 is 0 Å². The molecule has 10 nitrogen and oxygen atoms in total. The number of carbonyl (C=O) groups excluding carboxylic acids is 5. The van der Waals surface area contributed by atoms with Crippen LogP contribution in [0.25, 0.3) is 0 Å². The van der Waals surface area contributed by atoms with Crippen molar-refractivity contribution in [3.8, 4) is 0 Å². The van der Waals surface area contributed by atoms with Gasteiger partial charge in [0, 0.05) is 44.4 Å². The van der Waals surface area contributed by atoms with E-state index >= 15 is 0 Å². The molecule has 2 N–H and O–H groups in total. The molecule has 2 saturated heterocycles. The van der Waals surface area contributed by atoms with Crippen LogP contribution in [0.5, 0.6) is 0 Å². The molecular formula is C19H30N4O6. The Balaban J connectivity index is 1.56. The predicted molar refractivity (Wildman–Crippen MR) is 102 cm³/mol. The number of piperidine rings is 1. The lowest BCUT2D eigenvalue weighted by Crippen LogP contribution is -2.49. The monoisotopic (exact) mass is 415 g/mol. The van der Waals surface area contributed by atoms with E-state index in [-0.39, 0.29) is 50.6 Å². The number of likely N-dealkylation sites (tertiary alicyclic amines) is 1. The van der Waals surface area contributed by atoms with Gasteiger partial charge in [-0.3, -0.25) is 24.1 Å². The highest BCUT2D eigenvalue weighted by atomic mass is 16.7. The fourth-order valence-corrected chi connectivity index (χ4v) is 3.52. The van der Waals surface area contributed by atoms with Gasteiger partial charge in [0.2, 0.25) is 11.8 Å². The Labute approximate surface area is 170 Å². The predicted octanol–water partition coefficient (Wildman–Crippen LogP) is -0.131. The second-order valence-electron chi connectivity index (χ2n) is 7.55. The number of imide groups is 1. The average Bonchev–Trinajstić information content (AvgIpc) is 2.97. The van der Waals surface area contributed by atoms with Gasteiger partial charge in [-0.05, 0) is 26.7 Å². The number of amides is 4. The smallest absolute Gasteiger partial charge is 0.334 e. The summed E-state index contributed by atoms with van der Waals surface area (Å²) in [5.74, 6) is -2.28. The van der Waals surface area contributed by atoms with Crippen molar-refractivity contribution in [1.82, 2.24) is 20.6 Å². The topological polar surface area (TPSA) is 125 Å². The van der Waals surface area contributed by atoms with E-state index in [1.807, 2.05) is 0 Å². The third kappa shape index (κ3) is 7.12. The van der Waals surface area contributed by atoms with Crippen molar-refractivity contribution in [3.63, 3.8) is 0 Å². The van der Waals surface area contributed by atoms with Crippen molar-refractivity contribution in [2.24, 2.45) is 0 Å². The zero-order valence-corrected chi connectivity index (χ0v) is 17.1. The van der Waals surface area contributed by atoms with E-state index in [2.05, 4.69) is 29.4 Å². The van der Waals surface area contributed by atoms with Crippen molar-refractivity contribution in [2.75, 3.05) is 19.6 Å². The van der Waals surface area contributed by atoms with Crippen LogP contribution in [0.2, 0.25) is 0 Å². The molecule has 0 aromatic carbocycles. The quantitative estimate of drug-likeness (QED) is 0.305. The molecule has 4 amide bonds. The van der Waals surface area contributed by atoms with Gasteiger partial charge in [0.1, 0.15) is 0 Å². The van der Waals surface area contributed by atoms with Crippen molar-refractivity contribution in [2.45, 2.75) is 70.9 Å². The second-order valence-corrected chi connectivity index (χ2v) is 7.55. The fraction of sp³-hybridized carbons (Fsp3) is 0.737. The molecule has 0 aliphatic carbocycles. The summed E-state index contributed by atoms with van der Waals surface area (Å²) in [5, 5.41) is 5.76. The summed E-state index contributed by atoms with van der Waals surface area (Å²) < 4.78 is 0. The van der Waals surface area contributed by atoms with Crippen LogP contribution in [0.1, 0.15) is 58.8 Å². The summed E-state index contributed by atoms with van der Waals surface area (Å²) in [7, 11) is 0. The third-order valence-corrected chi connectivity index (χ3v) is 5.23. The number of hydroxylamine groups is 2. The van der Waals surface area contributed by atoms with Gasteiger partial charge in [0.25, 0.3) is 11.8 Å². The lowest BCUT2D eigenvalue weighted by Gasteiger charge is -2.38. The molecule has 0 saturated carbocycles. The van der Waals surface area contributed by atoms with Crippen LogP contribution in [0, 0.1) is 0 Å². The van der Waals surface area contributed by atoms with Crippen molar-refractivity contribution in [3.05, 3.63) is 0 Å². The number of nitrogens with zero attached hydrogens (tertiary/aromatic N) is 2. The van der Waals surface area contributed by atoms with E-state index in [1.165, 1.54) is 6.42 Å². The van der Waals surface area contributed by atoms with Gasteiger partial charge in [-0.25, -0.2) is 4.79 Å². The van der Waals surface area contributed by atoms with E-state index in [4.69, 9.17) is 4.84 Å². The lowest BCUT2D eigenvalue weighted by atomic mass is 9.98. The summed E-state index contributed by atoms with van der Waals surface area (Å²) in [6.07, 6.45) is 3.34. The van der Waals surface area contributed by atoms with Gasteiger partial charge in [0.05, 0.1) is 13.0 Å². The van der Waals surface area contributed by atoms with Crippen molar-refractivity contribution in [1.29, 1.82) is 0 Å². The normalized spacial score (nSPS) is 22.5. The SMILES string of the molecule is CC1CCCC(C)N1C[13C](=O)[15NH][13CH2][13CH2]C(=O)[15NH]CCC(=O)ON1C(=O)CCC1=O. The fourth-order valence-electron chi connectivity index (χ4n) is 3.52. The van der Waals surface area contributed by atoms with Gasteiger partial charge < -0.3 is 15.5 Å². The Bertz CT molecular complexity index is 627. The standard InChI is InChI=1S/C19H30N4O6/c1-13-4-3-5-14(2)22(13)12-16(25)21-10-8-15(24)20-11-9-19(28)29-23-17(26)6-7-18(23)27/h13-14H,3-12H2,1-2H3,(H,20,24)(H,21,25)/i8+1,10+1,16+1,20+1,21+1. The molecule has 29 heavy (non-hydrogen) atoms. The summed E-state index contributed by atoms with van der Waals surface area (Å²) in [5.41, 5.74) is 0. The van der Waals surface area contributed by atoms with Gasteiger partial charge in [-0.1, -0.05) is 6.42 Å². The zero-order valence-electron chi connectivity index (χ0n) is 17.1. The van der Waals surface area contributed by atoms with E-state index in [0.717, 1.165) is 12.8 Å². The molecule has 2 atom stereocenters. The molecule has 0 bridgehead atoms. The Morgan fingerprint density at radius 2 is 1.48 bits per heavy atom. The first-order valence-corrected chi connectivity index (χ1v) is 10.1. The van der Waals surface area contributed by atoms with Gasteiger partial charge >= 0.3 is 5.97 Å². The van der Waals surface area contributed by atoms with Crippen LogP contribution < -0.4 is 10.6 Å². The highest BCUT2D eigenvalue weighted by Crippen LogP contribution is 2.21. The minimum Gasteiger partial charge on any atom is -0.355 e. The minimum atomic E-state index is -0.771. The maximum atomic E-state index is 12.1. The molecule has 2 unspecified atom stereocenters. The van der Waals surface area contributed by atoms with E-state index in [0.29, 0.717) is 23.7 Å². The molecule has 2 fully saturated rings. The van der Waals surface area contributed by atoms with Gasteiger partial charge in [-0.15, -0.1) is 5.06 Å². The van der Waals surface area contributed by atoms with E-state index < -0.39 is 17.8 Å². The van der Waals surface area contributed by atoms with Crippen molar-refractivity contribution >= 4 is 29.6 Å². The highest BCUT2D eigenvalue weighted by Gasteiger charge is 2.32. The molecule has 0 aromatic heterocycles. The molecule has 10 heteroatoms. The Morgan fingerprint density at radius 3 is 2.10 bits per heavy atom. The van der Waals surface area contributed by atoms with E-state index in [1.54, 1.807) is 0 Å². The van der Waals surface area contributed by atoms with Crippen LogP contribution in [0.15, 0.2) is 0 Å². The molecular weight excluding hydrogens is 385 g/mol. The highest BCUT2D eigenvalue weighted by molar-refractivity contribution is 6.01. The van der Waals surface area contributed by atoms with Gasteiger partial charge in [0.15, 0.2) is 0 Å². The summed E-state index contributed by atoms with van der Waals surface area (Å²) in [6.45, 7) is 4.80. The number of hydrogen-bond acceptors (Lipinski definition) is 7. The second kappa shape index (κ2) is 10.9. The Hall–Kier alpha value is -2.49. The average molecular weight is 415 g/mol. The molecule has 2 rings (SSSR count). The number of carbonyl (C=O) groups is 5. The summed E-state index contributed by atoms with van der Waals surface area (Å²) in [4.78, 5) is 65.1. The third-order valence-electron chi connectivity index (χ3n) is 5.23. The first-order chi connectivity index (χ1) is 13.8. The van der Waals surface area contributed by atoms with Crippen LogP contribution in [-0.4, -0.2) is 71.3 Å². The molecule has 2 heterocycles.